The normalized spacial score (nSPS) is 12.5. The van der Waals surface area contributed by atoms with Crippen molar-refractivity contribution in [3.63, 3.8) is 0 Å². The summed E-state index contributed by atoms with van der Waals surface area (Å²) in [5, 5.41) is 6.05. The maximum absolute atomic E-state index is 11.8. The van der Waals surface area contributed by atoms with Crippen LogP contribution in [0.5, 0.6) is 0 Å². The van der Waals surface area contributed by atoms with Gasteiger partial charge in [-0.3, -0.25) is 4.79 Å². The van der Waals surface area contributed by atoms with Gasteiger partial charge in [0.05, 0.1) is 12.6 Å². The molecule has 1 rings (SSSR count). The molecular formula is C17H24N2O. The first-order valence-electron chi connectivity index (χ1n) is 6.97. The van der Waals surface area contributed by atoms with Crippen molar-refractivity contribution in [2.45, 2.75) is 45.2 Å². The lowest BCUT2D eigenvalue weighted by Crippen LogP contribution is -2.51. The molecule has 0 saturated heterocycles. The van der Waals surface area contributed by atoms with Crippen LogP contribution in [-0.4, -0.2) is 24.0 Å². The fourth-order valence-electron chi connectivity index (χ4n) is 2.12. The molecule has 0 aliphatic carbocycles. The fourth-order valence-corrected chi connectivity index (χ4v) is 2.12. The van der Waals surface area contributed by atoms with Crippen LogP contribution in [0.25, 0.3) is 0 Å². The minimum absolute atomic E-state index is 0.0595. The molecule has 1 amide bonds. The van der Waals surface area contributed by atoms with Crippen LogP contribution >= 0.6 is 0 Å². The molecule has 1 atom stereocenters. The molecule has 1 aromatic carbocycles. The molecule has 2 N–H and O–H groups in total. The van der Waals surface area contributed by atoms with Gasteiger partial charge >= 0.3 is 0 Å². The van der Waals surface area contributed by atoms with Crippen LogP contribution in [-0.2, 0) is 11.2 Å². The lowest BCUT2D eigenvalue weighted by atomic mass is 9.94. The van der Waals surface area contributed by atoms with Crippen LogP contribution in [0.1, 0.15) is 32.8 Å². The number of carbonyl (C=O) groups excluding carboxylic acids is 1. The number of hydrogen-bond donors (Lipinski definition) is 2. The zero-order valence-electron chi connectivity index (χ0n) is 12.6. The number of amides is 1. The molecule has 0 radical (unpaired) electrons. The predicted molar refractivity (Wildman–Crippen MR) is 83.3 cm³/mol. The Morgan fingerprint density at radius 1 is 1.35 bits per heavy atom. The Morgan fingerprint density at radius 3 is 2.60 bits per heavy atom. The van der Waals surface area contributed by atoms with E-state index in [9.17, 15) is 4.79 Å². The average Bonchev–Trinajstić information content (AvgIpc) is 2.43. The Morgan fingerprint density at radius 2 is 2.00 bits per heavy atom. The lowest BCUT2D eigenvalue weighted by Gasteiger charge is -2.30. The number of hydrogen-bond acceptors (Lipinski definition) is 2. The molecule has 0 saturated carbocycles. The molecule has 0 heterocycles. The van der Waals surface area contributed by atoms with E-state index in [2.05, 4.69) is 42.5 Å². The van der Waals surface area contributed by atoms with E-state index in [-0.39, 0.29) is 24.0 Å². The van der Waals surface area contributed by atoms with E-state index < -0.39 is 0 Å². The largest absolute Gasteiger partial charge is 0.344 e. The maximum Gasteiger partial charge on any atom is 0.237 e. The van der Waals surface area contributed by atoms with Crippen LogP contribution in [0.4, 0.5) is 0 Å². The second kappa shape index (κ2) is 7.72. The summed E-state index contributed by atoms with van der Waals surface area (Å²) in [4.78, 5) is 11.8. The van der Waals surface area contributed by atoms with Gasteiger partial charge in [0.15, 0.2) is 0 Å². The van der Waals surface area contributed by atoms with Gasteiger partial charge in [0.25, 0.3) is 0 Å². The summed E-state index contributed by atoms with van der Waals surface area (Å²) in [6.45, 7) is 6.35. The lowest BCUT2D eigenvalue weighted by molar-refractivity contribution is -0.123. The van der Waals surface area contributed by atoms with E-state index in [1.807, 2.05) is 25.1 Å². The molecule has 20 heavy (non-hydrogen) atoms. The highest BCUT2D eigenvalue weighted by Crippen LogP contribution is 2.14. The first kappa shape index (κ1) is 16.3. The quantitative estimate of drug-likeness (QED) is 0.747. The van der Waals surface area contributed by atoms with E-state index in [4.69, 9.17) is 6.42 Å². The zero-order valence-corrected chi connectivity index (χ0v) is 12.6. The summed E-state index contributed by atoms with van der Waals surface area (Å²) in [6.07, 6.45) is 7.08. The van der Waals surface area contributed by atoms with E-state index >= 15 is 0 Å². The van der Waals surface area contributed by atoms with E-state index in [1.165, 1.54) is 5.56 Å². The number of nitrogens with one attached hydrogen (secondary N) is 2. The minimum atomic E-state index is -0.255. The van der Waals surface area contributed by atoms with Crippen LogP contribution in [0.3, 0.4) is 0 Å². The second-order valence-corrected chi connectivity index (χ2v) is 5.66. The molecular weight excluding hydrogens is 248 g/mol. The van der Waals surface area contributed by atoms with Crippen molar-refractivity contribution in [3.8, 4) is 12.3 Å². The third kappa shape index (κ3) is 5.90. The van der Waals surface area contributed by atoms with E-state index in [1.54, 1.807) is 0 Å². The molecule has 0 aliphatic rings. The highest BCUT2D eigenvalue weighted by Gasteiger charge is 2.23. The number of carbonyl (C=O) groups is 1. The fraction of sp³-hybridized carbons (Fsp3) is 0.471. The van der Waals surface area contributed by atoms with Gasteiger partial charge in [-0.05, 0) is 39.2 Å². The molecule has 1 aromatic rings. The van der Waals surface area contributed by atoms with Crippen molar-refractivity contribution in [3.05, 3.63) is 35.9 Å². The maximum atomic E-state index is 11.8. The van der Waals surface area contributed by atoms with Gasteiger partial charge < -0.3 is 10.6 Å². The molecule has 3 nitrogen and oxygen atoms in total. The third-order valence-corrected chi connectivity index (χ3v) is 3.25. The summed E-state index contributed by atoms with van der Waals surface area (Å²) in [5.74, 6) is 2.34. The summed E-state index contributed by atoms with van der Waals surface area (Å²) >= 11 is 0. The summed E-state index contributed by atoms with van der Waals surface area (Å²) in [5.41, 5.74) is 1.20. The average molecular weight is 272 g/mol. The van der Waals surface area contributed by atoms with Crippen LogP contribution in [0.15, 0.2) is 30.3 Å². The van der Waals surface area contributed by atoms with Crippen molar-refractivity contribution in [2.24, 2.45) is 0 Å². The molecule has 3 heteroatoms. The molecule has 0 aromatic heterocycles. The smallest absolute Gasteiger partial charge is 0.237 e. The first-order chi connectivity index (χ1) is 9.44. The number of terminal acetylenes is 1. The Bertz CT molecular complexity index is 460. The Balaban J connectivity index is 2.44. The Hall–Kier alpha value is -1.79. The standard InChI is InChI=1S/C17H24N2O/c1-5-13-18-16(20)14(2)19-17(3,4)12-11-15-9-7-6-8-10-15/h1,6-10,14,19H,11-13H2,2-4H3,(H,18,20). The number of benzene rings is 1. The minimum Gasteiger partial charge on any atom is -0.344 e. The zero-order chi connectivity index (χ0) is 15.0. The van der Waals surface area contributed by atoms with Gasteiger partial charge in [0.1, 0.15) is 0 Å². The summed E-state index contributed by atoms with van der Waals surface area (Å²) in [7, 11) is 0. The van der Waals surface area contributed by atoms with Crippen molar-refractivity contribution < 1.29 is 4.79 Å². The molecule has 0 fully saturated rings. The van der Waals surface area contributed by atoms with Crippen molar-refractivity contribution >= 4 is 5.91 Å². The van der Waals surface area contributed by atoms with Crippen LogP contribution < -0.4 is 10.6 Å². The molecule has 0 aliphatic heterocycles. The van der Waals surface area contributed by atoms with Gasteiger partial charge in [0, 0.05) is 5.54 Å². The van der Waals surface area contributed by atoms with Gasteiger partial charge in [-0.15, -0.1) is 6.42 Å². The number of aryl methyl sites for hydroxylation is 1. The Kier molecular flexibility index (Phi) is 6.27. The SMILES string of the molecule is C#CCNC(=O)C(C)NC(C)(C)CCc1ccccc1. The van der Waals surface area contributed by atoms with Crippen molar-refractivity contribution in [2.75, 3.05) is 6.54 Å². The molecule has 108 valence electrons. The molecule has 1 unspecified atom stereocenters. The van der Waals surface area contributed by atoms with Crippen molar-refractivity contribution in [1.29, 1.82) is 0 Å². The van der Waals surface area contributed by atoms with Gasteiger partial charge in [-0.2, -0.15) is 0 Å². The highest BCUT2D eigenvalue weighted by atomic mass is 16.2. The van der Waals surface area contributed by atoms with Gasteiger partial charge in [-0.25, -0.2) is 0 Å². The second-order valence-electron chi connectivity index (χ2n) is 5.66. The van der Waals surface area contributed by atoms with Crippen LogP contribution in [0.2, 0.25) is 0 Å². The topological polar surface area (TPSA) is 41.1 Å². The van der Waals surface area contributed by atoms with Gasteiger partial charge in [-0.1, -0.05) is 36.3 Å². The Labute approximate surface area is 122 Å². The molecule has 0 spiro atoms. The predicted octanol–water partition coefficient (Wildman–Crippen LogP) is 2.13. The molecule has 0 bridgehead atoms. The first-order valence-corrected chi connectivity index (χ1v) is 6.97. The summed E-state index contributed by atoms with van der Waals surface area (Å²) in [6, 6.07) is 10.1. The number of rotatable bonds is 7. The monoisotopic (exact) mass is 272 g/mol. The van der Waals surface area contributed by atoms with Crippen molar-refractivity contribution in [1.82, 2.24) is 10.6 Å². The van der Waals surface area contributed by atoms with E-state index in [0.29, 0.717) is 0 Å². The van der Waals surface area contributed by atoms with E-state index in [0.717, 1.165) is 12.8 Å². The third-order valence-electron chi connectivity index (χ3n) is 3.25. The van der Waals surface area contributed by atoms with Gasteiger partial charge in [0.2, 0.25) is 5.91 Å². The summed E-state index contributed by atoms with van der Waals surface area (Å²) < 4.78 is 0. The highest BCUT2D eigenvalue weighted by molar-refractivity contribution is 5.81. The van der Waals surface area contributed by atoms with Crippen LogP contribution in [0, 0.1) is 12.3 Å².